The van der Waals surface area contributed by atoms with Crippen molar-refractivity contribution in [3.8, 4) is 5.75 Å². The average molecular weight is 209 g/mol. The van der Waals surface area contributed by atoms with Crippen molar-refractivity contribution in [1.29, 1.82) is 0 Å². The van der Waals surface area contributed by atoms with Crippen LogP contribution in [0, 0.1) is 0 Å². The first-order chi connectivity index (χ1) is 6.88. The second kappa shape index (κ2) is 4.74. The molecule has 2 heteroatoms. The molecular weight excluding hydrogens is 192 g/mol. The Hall–Kier alpha value is -0.630. The van der Waals surface area contributed by atoms with Crippen molar-refractivity contribution < 1.29 is 4.74 Å². The first kappa shape index (κ1) is 9.91. The van der Waals surface area contributed by atoms with Gasteiger partial charge in [0.1, 0.15) is 23.0 Å². The summed E-state index contributed by atoms with van der Waals surface area (Å²) in [5.41, 5.74) is 1.47. The summed E-state index contributed by atoms with van der Waals surface area (Å²) in [7, 11) is 2.39. The highest BCUT2D eigenvalue weighted by Gasteiger charge is 2.23. The van der Waals surface area contributed by atoms with E-state index in [4.69, 9.17) is 4.74 Å². The monoisotopic (exact) mass is 209 g/mol. The molecule has 1 aliphatic heterocycles. The Morgan fingerprint density at radius 2 is 1.79 bits per heavy atom. The highest BCUT2D eigenvalue weighted by Crippen LogP contribution is 2.20. The number of methoxy groups -OCH3 is 1. The summed E-state index contributed by atoms with van der Waals surface area (Å²) in [5.74, 6) is 5.14. The molecule has 0 radical (unpaired) electrons. The molecule has 1 aromatic carbocycles. The van der Waals surface area contributed by atoms with Crippen LogP contribution in [0.1, 0.15) is 18.4 Å². The molecule has 76 valence electrons. The maximum absolute atomic E-state index is 5.14. The summed E-state index contributed by atoms with van der Waals surface area (Å²) in [6, 6.07) is 8.53. The van der Waals surface area contributed by atoms with Gasteiger partial charge < -0.3 is 4.74 Å². The van der Waals surface area contributed by atoms with Gasteiger partial charge in [0, 0.05) is 5.56 Å². The highest BCUT2D eigenvalue weighted by atomic mass is 32.2. The van der Waals surface area contributed by atoms with Gasteiger partial charge >= 0.3 is 0 Å². The van der Waals surface area contributed by atoms with Crippen LogP contribution in [0.3, 0.4) is 0 Å². The Bertz CT molecular complexity index is 275. The van der Waals surface area contributed by atoms with E-state index in [0.717, 1.165) is 5.75 Å². The summed E-state index contributed by atoms with van der Waals surface area (Å²) in [5, 5.41) is 0. The minimum absolute atomic E-state index is 0.672. The molecule has 1 nitrogen and oxygen atoms in total. The van der Waals surface area contributed by atoms with Crippen molar-refractivity contribution >= 4 is 10.9 Å². The Balaban J connectivity index is 1.95. The summed E-state index contributed by atoms with van der Waals surface area (Å²) in [6.45, 7) is 0. The zero-order valence-electron chi connectivity index (χ0n) is 8.66. The SMILES string of the molecule is COc1ccc(C[S+]2CCCC2)cc1. The van der Waals surface area contributed by atoms with E-state index in [1.807, 2.05) is 0 Å². The van der Waals surface area contributed by atoms with Gasteiger partial charge in [0.25, 0.3) is 0 Å². The van der Waals surface area contributed by atoms with Crippen LogP contribution in [0.25, 0.3) is 0 Å². The maximum Gasteiger partial charge on any atom is 0.133 e. The van der Waals surface area contributed by atoms with Gasteiger partial charge in [-0.15, -0.1) is 0 Å². The smallest absolute Gasteiger partial charge is 0.133 e. The molecule has 1 fully saturated rings. The molecule has 0 unspecified atom stereocenters. The van der Waals surface area contributed by atoms with E-state index in [2.05, 4.69) is 24.3 Å². The summed E-state index contributed by atoms with van der Waals surface area (Å²) >= 11 is 0. The minimum Gasteiger partial charge on any atom is -0.497 e. The Morgan fingerprint density at radius 3 is 2.36 bits per heavy atom. The van der Waals surface area contributed by atoms with Crippen LogP contribution < -0.4 is 4.74 Å². The lowest BCUT2D eigenvalue weighted by Gasteiger charge is -2.03. The molecule has 0 spiro atoms. The van der Waals surface area contributed by atoms with Crippen LogP contribution in [0.2, 0.25) is 0 Å². The first-order valence-electron chi connectivity index (χ1n) is 5.15. The lowest BCUT2D eigenvalue weighted by Crippen LogP contribution is -2.06. The average Bonchev–Trinajstić information content (AvgIpc) is 2.72. The van der Waals surface area contributed by atoms with Crippen molar-refractivity contribution in [2.24, 2.45) is 0 Å². The quantitative estimate of drug-likeness (QED) is 0.695. The van der Waals surface area contributed by atoms with Gasteiger partial charge in [0.2, 0.25) is 0 Å². The van der Waals surface area contributed by atoms with Gasteiger partial charge in [-0.2, -0.15) is 0 Å². The van der Waals surface area contributed by atoms with Crippen LogP contribution in [0.15, 0.2) is 24.3 Å². The summed E-state index contributed by atoms with van der Waals surface area (Å²) in [6.07, 6.45) is 2.89. The van der Waals surface area contributed by atoms with Gasteiger partial charge in [-0.1, -0.05) is 12.1 Å². The topological polar surface area (TPSA) is 9.23 Å². The molecular formula is C12H17OS+. The predicted octanol–water partition coefficient (Wildman–Crippen LogP) is 2.61. The molecule has 0 N–H and O–H groups in total. The number of hydrogen-bond acceptors (Lipinski definition) is 1. The molecule has 2 rings (SSSR count). The fourth-order valence-electron chi connectivity index (χ4n) is 1.82. The number of benzene rings is 1. The Kier molecular flexibility index (Phi) is 3.35. The Labute approximate surface area is 88.8 Å². The van der Waals surface area contributed by atoms with E-state index in [1.54, 1.807) is 7.11 Å². The van der Waals surface area contributed by atoms with Gasteiger partial charge in [0.15, 0.2) is 0 Å². The second-order valence-corrected chi connectivity index (χ2v) is 6.05. The Morgan fingerprint density at radius 1 is 1.14 bits per heavy atom. The molecule has 0 bridgehead atoms. The molecule has 1 saturated heterocycles. The zero-order valence-corrected chi connectivity index (χ0v) is 9.48. The lowest BCUT2D eigenvalue weighted by molar-refractivity contribution is 0.414. The minimum atomic E-state index is 0.672. The van der Waals surface area contributed by atoms with Crippen LogP contribution >= 0.6 is 0 Å². The van der Waals surface area contributed by atoms with E-state index in [0.29, 0.717) is 10.9 Å². The standard InChI is InChI=1S/C12H17OS/c1-13-12-6-4-11(5-7-12)10-14-8-2-3-9-14/h4-7H,2-3,8-10H2,1H3/q+1. The van der Waals surface area contributed by atoms with Crippen molar-refractivity contribution in [2.75, 3.05) is 18.6 Å². The van der Waals surface area contributed by atoms with Crippen molar-refractivity contribution in [1.82, 2.24) is 0 Å². The maximum atomic E-state index is 5.14. The van der Waals surface area contributed by atoms with E-state index in [-0.39, 0.29) is 0 Å². The predicted molar refractivity (Wildman–Crippen MR) is 63.0 cm³/mol. The number of rotatable bonds is 3. The zero-order chi connectivity index (χ0) is 9.80. The first-order valence-corrected chi connectivity index (χ1v) is 6.89. The normalized spacial score (nSPS) is 17.2. The highest BCUT2D eigenvalue weighted by molar-refractivity contribution is 7.96. The van der Waals surface area contributed by atoms with Crippen LogP contribution in [-0.4, -0.2) is 18.6 Å². The molecule has 1 aromatic rings. The molecule has 1 heterocycles. The lowest BCUT2D eigenvalue weighted by atomic mass is 10.2. The molecule has 1 aliphatic rings. The van der Waals surface area contributed by atoms with Crippen molar-refractivity contribution in [3.63, 3.8) is 0 Å². The van der Waals surface area contributed by atoms with Crippen molar-refractivity contribution in [2.45, 2.75) is 18.6 Å². The third-order valence-corrected chi connectivity index (χ3v) is 5.12. The van der Waals surface area contributed by atoms with E-state index >= 15 is 0 Å². The van der Waals surface area contributed by atoms with Crippen LogP contribution in [-0.2, 0) is 16.6 Å². The third kappa shape index (κ3) is 2.44. The second-order valence-electron chi connectivity index (χ2n) is 3.72. The summed E-state index contributed by atoms with van der Waals surface area (Å²) in [4.78, 5) is 0. The van der Waals surface area contributed by atoms with E-state index in [9.17, 15) is 0 Å². The number of ether oxygens (including phenoxy) is 1. The molecule has 0 aromatic heterocycles. The summed E-state index contributed by atoms with van der Waals surface area (Å²) < 4.78 is 5.14. The van der Waals surface area contributed by atoms with Gasteiger partial charge in [0.05, 0.1) is 7.11 Å². The third-order valence-electron chi connectivity index (χ3n) is 2.65. The molecule has 0 atom stereocenters. The van der Waals surface area contributed by atoms with Gasteiger partial charge in [-0.05, 0) is 35.9 Å². The molecule has 14 heavy (non-hydrogen) atoms. The van der Waals surface area contributed by atoms with Crippen LogP contribution in [0.4, 0.5) is 0 Å². The van der Waals surface area contributed by atoms with Crippen molar-refractivity contribution in [3.05, 3.63) is 29.8 Å². The fourth-order valence-corrected chi connectivity index (χ4v) is 4.20. The molecule has 0 amide bonds. The van der Waals surface area contributed by atoms with Gasteiger partial charge in [-0.3, -0.25) is 0 Å². The van der Waals surface area contributed by atoms with E-state index in [1.165, 1.54) is 35.7 Å². The molecule has 0 aliphatic carbocycles. The fraction of sp³-hybridized carbons (Fsp3) is 0.500. The largest absolute Gasteiger partial charge is 0.497 e. The van der Waals surface area contributed by atoms with Crippen LogP contribution in [0.5, 0.6) is 5.75 Å². The molecule has 0 saturated carbocycles. The van der Waals surface area contributed by atoms with E-state index < -0.39 is 0 Å². The number of hydrogen-bond donors (Lipinski definition) is 0. The van der Waals surface area contributed by atoms with Gasteiger partial charge in [-0.25, -0.2) is 0 Å².